The van der Waals surface area contributed by atoms with Crippen LogP contribution < -0.4 is 5.32 Å². The maximum absolute atomic E-state index is 14.2. The monoisotopic (exact) mass is 478 g/mol. The van der Waals surface area contributed by atoms with E-state index in [0.717, 1.165) is 44.1 Å². The number of rotatable bonds is 7. The Hall–Kier alpha value is -2.21. The summed E-state index contributed by atoms with van der Waals surface area (Å²) < 4.78 is 0. The first-order valence-corrected chi connectivity index (χ1v) is 13.5. The lowest BCUT2D eigenvalue weighted by atomic mass is 9.46. The van der Waals surface area contributed by atoms with Crippen LogP contribution in [0.15, 0.2) is 30.3 Å². The number of carbonyl (C=O) groups is 3. The third-order valence-electron chi connectivity index (χ3n) is 9.90. The Bertz CT molecular complexity index is 1020. The average Bonchev–Trinajstić information content (AvgIpc) is 3.44. The minimum Gasteiger partial charge on any atom is -0.390 e. The molecule has 5 aliphatic carbocycles. The number of Topliss-reactive ketones (excluding diaryl/α,β-unsaturated/α-hetero) is 1. The molecule has 6 fully saturated rings. The maximum atomic E-state index is 14.2. The second-order valence-corrected chi connectivity index (χ2v) is 12.8. The first-order valence-electron chi connectivity index (χ1n) is 13.5. The van der Waals surface area contributed by atoms with Gasteiger partial charge in [-0.2, -0.15) is 0 Å². The van der Waals surface area contributed by atoms with Gasteiger partial charge in [0.25, 0.3) is 0 Å². The number of nitrogens with zero attached hydrogens (tertiary/aromatic N) is 1. The van der Waals surface area contributed by atoms with E-state index in [1.807, 2.05) is 37.3 Å². The maximum Gasteiger partial charge on any atom is 0.246 e. The van der Waals surface area contributed by atoms with Crippen LogP contribution in [0, 0.1) is 35.0 Å². The number of fused-ring (bicyclic) bond motifs is 1. The van der Waals surface area contributed by atoms with Gasteiger partial charge in [0.2, 0.25) is 11.8 Å². The second-order valence-electron chi connectivity index (χ2n) is 12.8. The molecule has 2 amide bonds. The van der Waals surface area contributed by atoms with E-state index in [9.17, 15) is 19.5 Å². The molecule has 1 aliphatic heterocycles. The number of carbonyl (C=O) groups excluding carboxylic acids is 3. The highest BCUT2D eigenvalue weighted by Gasteiger charge is 2.63. The molecule has 7 rings (SSSR count). The molecule has 7 unspecified atom stereocenters. The van der Waals surface area contributed by atoms with Crippen molar-refractivity contribution in [3.05, 3.63) is 35.9 Å². The molecule has 1 aromatic rings. The van der Waals surface area contributed by atoms with Crippen LogP contribution in [0.2, 0.25) is 0 Å². The third kappa shape index (κ3) is 4.02. The molecule has 5 saturated carbocycles. The molecule has 6 aliphatic rings. The summed E-state index contributed by atoms with van der Waals surface area (Å²) in [5.41, 5.74) is -0.0548. The SMILES string of the molecule is CC(=O)C1C2CC2CN1C(=O)C(NC(=O)C(C)Cc1ccccc1)C12CC3CC(CC(O)(C3)C1)C2. The van der Waals surface area contributed by atoms with Gasteiger partial charge in [-0.05, 0) is 87.5 Å². The van der Waals surface area contributed by atoms with Crippen LogP contribution in [-0.2, 0) is 20.8 Å². The average molecular weight is 479 g/mol. The van der Waals surface area contributed by atoms with E-state index in [4.69, 9.17) is 0 Å². The molecule has 188 valence electrons. The van der Waals surface area contributed by atoms with Crippen molar-refractivity contribution in [2.24, 2.45) is 35.0 Å². The zero-order valence-electron chi connectivity index (χ0n) is 20.9. The van der Waals surface area contributed by atoms with Gasteiger partial charge in [-0.25, -0.2) is 0 Å². The molecular formula is C29H38N2O4. The molecule has 6 heteroatoms. The van der Waals surface area contributed by atoms with E-state index in [-0.39, 0.29) is 35.5 Å². The van der Waals surface area contributed by atoms with Gasteiger partial charge in [0.1, 0.15) is 6.04 Å². The Morgan fingerprint density at radius 3 is 2.40 bits per heavy atom. The fourth-order valence-corrected chi connectivity index (χ4v) is 8.82. The molecule has 0 spiro atoms. The Morgan fingerprint density at radius 2 is 1.77 bits per heavy atom. The van der Waals surface area contributed by atoms with Crippen molar-refractivity contribution in [3.8, 4) is 0 Å². The Morgan fingerprint density at radius 1 is 1.09 bits per heavy atom. The number of benzene rings is 1. The lowest BCUT2D eigenvalue weighted by Crippen LogP contribution is -2.67. The van der Waals surface area contributed by atoms with Gasteiger partial charge in [0, 0.05) is 17.9 Å². The number of nitrogens with one attached hydrogen (secondary N) is 1. The van der Waals surface area contributed by atoms with Crippen molar-refractivity contribution >= 4 is 17.6 Å². The van der Waals surface area contributed by atoms with E-state index in [0.29, 0.717) is 37.1 Å². The molecule has 0 radical (unpaired) electrons. The van der Waals surface area contributed by atoms with Crippen molar-refractivity contribution in [1.29, 1.82) is 0 Å². The summed E-state index contributed by atoms with van der Waals surface area (Å²) in [6.07, 6.45) is 6.70. The molecule has 1 heterocycles. The topological polar surface area (TPSA) is 86.7 Å². The van der Waals surface area contributed by atoms with Crippen molar-refractivity contribution in [2.45, 2.75) is 82.9 Å². The highest BCUT2D eigenvalue weighted by molar-refractivity contribution is 5.94. The first kappa shape index (κ1) is 23.2. The van der Waals surface area contributed by atoms with Gasteiger partial charge in [-0.3, -0.25) is 14.4 Å². The normalized spacial score (nSPS) is 40.2. The second kappa shape index (κ2) is 8.16. The molecule has 7 atom stereocenters. The minimum absolute atomic E-state index is 0.0509. The lowest BCUT2D eigenvalue weighted by Gasteiger charge is -2.62. The largest absolute Gasteiger partial charge is 0.390 e. The van der Waals surface area contributed by atoms with Gasteiger partial charge < -0.3 is 15.3 Å². The summed E-state index contributed by atoms with van der Waals surface area (Å²) in [5, 5.41) is 14.6. The lowest BCUT2D eigenvalue weighted by molar-refractivity contribution is -0.182. The molecular weight excluding hydrogens is 440 g/mol. The standard InChI is InChI=1S/C29H38N2O4/c1-17(8-19-6-4-3-5-7-19)26(33)30-25(27(34)31-15-22-10-23(22)24(31)18(2)32)28-11-20-9-21(12-28)14-29(35,13-20)16-28/h3-7,17,20-25,35H,8-16H2,1-2H3,(H,30,33). The minimum atomic E-state index is -0.726. The summed E-state index contributed by atoms with van der Waals surface area (Å²) in [6, 6.07) is 8.93. The Balaban J connectivity index is 1.29. The first-order chi connectivity index (χ1) is 16.7. The molecule has 1 aromatic carbocycles. The number of amides is 2. The van der Waals surface area contributed by atoms with Crippen LogP contribution in [-0.4, -0.2) is 51.8 Å². The van der Waals surface area contributed by atoms with Crippen molar-refractivity contribution < 1.29 is 19.5 Å². The number of hydrogen-bond acceptors (Lipinski definition) is 4. The van der Waals surface area contributed by atoms with E-state index in [2.05, 4.69) is 5.32 Å². The summed E-state index contributed by atoms with van der Waals surface area (Å²) in [4.78, 5) is 42.1. The molecule has 6 nitrogen and oxygen atoms in total. The van der Waals surface area contributed by atoms with Gasteiger partial charge in [0.05, 0.1) is 11.6 Å². The van der Waals surface area contributed by atoms with E-state index in [1.165, 1.54) is 0 Å². The third-order valence-corrected chi connectivity index (χ3v) is 9.90. The Labute approximate surface area is 207 Å². The summed E-state index contributed by atoms with van der Waals surface area (Å²) >= 11 is 0. The molecule has 1 saturated heterocycles. The van der Waals surface area contributed by atoms with Crippen LogP contribution in [0.4, 0.5) is 0 Å². The predicted molar refractivity (Wildman–Crippen MR) is 131 cm³/mol. The van der Waals surface area contributed by atoms with Crippen LogP contribution in [0.5, 0.6) is 0 Å². The highest BCUT2D eigenvalue weighted by Crippen LogP contribution is 2.63. The van der Waals surface area contributed by atoms with Crippen LogP contribution in [0.1, 0.15) is 64.4 Å². The highest BCUT2D eigenvalue weighted by atomic mass is 16.3. The van der Waals surface area contributed by atoms with Crippen LogP contribution >= 0.6 is 0 Å². The van der Waals surface area contributed by atoms with Crippen molar-refractivity contribution in [1.82, 2.24) is 10.2 Å². The number of likely N-dealkylation sites (tertiary alicyclic amines) is 1. The molecule has 4 bridgehead atoms. The predicted octanol–water partition coefficient (Wildman–Crippen LogP) is 3.12. The summed E-state index contributed by atoms with van der Waals surface area (Å²) in [5.74, 6) is 1.08. The molecule has 35 heavy (non-hydrogen) atoms. The van der Waals surface area contributed by atoms with Gasteiger partial charge in [-0.15, -0.1) is 0 Å². The summed E-state index contributed by atoms with van der Waals surface area (Å²) in [7, 11) is 0. The van der Waals surface area contributed by atoms with Crippen molar-refractivity contribution in [3.63, 3.8) is 0 Å². The number of ketones is 1. The van der Waals surface area contributed by atoms with Crippen LogP contribution in [0.25, 0.3) is 0 Å². The van der Waals surface area contributed by atoms with Crippen LogP contribution in [0.3, 0.4) is 0 Å². The molecule has 2 N–H and O–H groups in total. The van der Waals surface area contributed by atoms with E-state index < -0.39 is 17.1 Å². The molecule has 0 aromatic heterocycles. The number of hydrogen-bond donors (Lipinski definition) is 2. The number of aliphatic hydroxyl groups is 1. The summed E-state index contributed by atoms with van der Waals surface area (Å²) in [6.45, 7) is 4.13. The smallest absolute Gasteiger partial charge is 0.246 e. The fraction of sp³-hybridized carbons (Fsp3) is 0.690. The van der Waals surface area contributed by atoms with Gasteiger partial charge in [-0.1, -0.05) is 37.3 Å². The Kier molecular flexibility index (Phi) is 5.41. The van der Waals surface area contributed by atoms with Gasteiger partial charge in [0.15, 0.2) is 5.78 Å². The fourth-order valence-electron chi connectivity index (χ4n) is 8.82. The number of piperidine rings is 1. The van der Waals surface area contributed by atoms with Gasteiger partial charge >= 0.3 is 0 Å². The zero-order chi connectivity index (χ0) is 24.5. The van der Waals surface area contributed by atoms with Crippen molar-refractivity contribution in [2.75, 3.05) is 6.54 Å². The quantitative estimate of drug-likeness (QED) is 0.631. The zero-order valence-corrected chi connectivity index (χ0v) is 20.9. The van der Waals surface area contributed by atoms with E-state index >= 15 is 0 Å². The van der Waals surface area contributed by atoms with E-state index in [1.54, 1.807) is 11.8 Å².